The van der Waals surface area contributed by atoms with Gasteiger partial charge in [-0.05, 0) is 37.1 Å². The van der Waals surface area contributed by atoms with Gasteiger partial charge in [0.2, 0.25) is 5.83 Å². The standard InChI is InChI=1S/C17H14F8O3/c1-13(17(23,24)25)14(12(26)27,7-9-3-5-10(28-2)6-4-9)15(13,19)8-11(18)16(20,21)22/h3-6,8H,7H2,1-2H3,(H,26,27). The van der Waals surface area contributed by atoms with Crippen molar-refractivity contribution in [1.82, 2.24) is 0 Å². The van der Waals surface area contributed by atoms with Crippen LogP contribution >= 0.6 is 0 Å². The summed E-state index contributed by atoms with van der Waals surface area (Å²) in [5.74, 6) is -5.21. The third kappa shape index (κ3) is 2.82. The summed E-state index contributed by atoms with van der Waals surface area (Å²) in [7, 11) is 1.28. The van der Waals surface area contributed by atoms with Gasteiger partial charge in [0, 0.05) is 0 Å². The van der Waals surface area contributed by atoms with Gasteiger partial charge in [-0.25, -0.2) is 8.78 Å². The molecule has 0 bridgehead atoms. The Labute approximate surface area is 153 Å². The number of hydrogen-bond acceptors (Lipinski definition) is 2. The number of aliphatic carboxylic acids is 1. The topological polar surface area (TPSA) is 46.5 Å². The van der Waals surface area contributed by atoms with E-state index in [0.717, 1.165) is 12.1 Å². The van der Waals surface area contributed by atoms with Gasteiger partial charge < -0.3 is 9.84 Å². The van der Waals surface area contributed by atoms with E-state index >= 15 is 4.39 Å². The SMILES string of the molecule is COc1ccc(CC2(C(=O)O)C(F)(C=C(F)C(F)(F)F)C2(C)C(F)(F)F)cc1. The van der Waals surface area contributed by atoms with Gasteiger partial charge >= 0.3 is 18.3 Å². The van der Waals surface area contributed by atoms with Gasteiger partial charge in [-0.1, -0.05) is 12.1 Å². The Hall–Kier alpha value is -2.33. The van der Waals surface area contributed by atoms with Crippen molar-refractivity contribution in [3.63, 3.8) is 0 Å². The molecule has 1 N–H and O–H groups in total. The number of rotatable bonds is 5. The summed E-state index contributed by atoms with van der Waals surface area (Å²) in [6, 6.07) is 4.79. The normalized spacial score (nSPS) is 30.9. The van der Waals surface area contributed by atoms with E-state index in [4.69, 9.17) is 4.74 Å². The number of methoxy groups -OCH3 is 1. The Kier molecular flexibility index (Phi) is 4.98. The van der Waals surface area contributed by atoms with Gasteiger partial charge in [0.15, 0.2) is 5.67 Å². The van der Waals surface area contributed by atoms with Gasteiger partial charge in [0.05, 0.1) is 7.11 Å². The maximum absolute atomic E-state index is 15.3. The van der Waals surface area contributed by atoms with E-state index in [1.165, 1.54) is 19.2 Å². The second-order valence-electron chi connectivity index (χ2n) is 6.56. The number of halogens is 8. The fraction of sp³-hybridized carbons (Fsp3) is 0.471. The highest BCUT2D eigenvalue weighted by molar-refractivity contribution is 5.86. The molecule has 156 valence electrons. The number of ether oxygens (including phenoxy) is 1. The zero-order chi connectivity index (χ0) is 21.8. The van der Waals surface area contributed by atoms with Crippen molar-refractivity contribution in [3.8, 4) is 5.75 Å². The zero-order valence-electron chi connectivity index (χ0n) is 14.4. The summed E-state index contributed by atoms with van der Waals surface area (Å²) >= 11 is 0. The fourth-order valence-corrected chi connectivity index (χ4v) is 3.55. The summed E-state index contributed by atoms with van der Waals surface area (Å²) < 4.78 is 112. The van der Waals surface area contributed by atoms with E-state index < -0.39 is 53.1 Å². The quantitative estimate of drug-likeness (QED) is 0.684. The minimum atomic E-state index is -5.77. The average molecular weight is 418 g/mol. The molecule has 2 rings (SSSR count). The van der Waals surface area contributed by atoms with E-state index in [9.17, 15) is 40.6 Å². The molecule has 0 heterocycles. The lowest BCUT2D eigenvalue weighted by molar-refractivity contribution is -0.203. The monoisotopic (exact) mass is 418 g/mol. The highest BCUT2D eigenvalue weighted by Crippen LogP contribution is 2.81. The van der Waals surface area contributed by atoms with Gasteiger partial charge in [-0.3, -0.25) is 4.79 Å². The molecule has 3 unspecified atom stereocenters. The molecule has 1 aliphatic carbocycles. The van der Waals surface area contributed by atoms with Crippen LogP contribution in [-0.4, -0.2) is 36.2 Å². The Morgan fingerprint density at radius 3 is 2.00 bits per heavy atom. The summed E-state index contributed by atoms with van der Waals surface area (Å²) in [6.45, 7) is 0.130. The van der Waals surface area contributed by atoms with Crippen molar-refractivity contribution in [2.24, 2.45) is 10.8 Å². The lowest BCUT2D eigenvalue weighted by Gasteiger charge is -2.20. The van der Waals surface area contributed by atoms with Crippen LogP contribution in [0.3, 0.4) is 0 Å². The zero-order valence-corrected chi connectivity index (χ0v) is 14.4. The molecule has 0 aromatic heterocycles. The molecule has 11 heteroatoms. The molecule has 1 aromatic carbocycles. The van der Waals surface area contributed by atoms with Crippen LogP contribution in [0.25, 0.3) is 0 Å². The van der Waals surface area contributed by atoms with Crippen LogP contribution in [0.1, 0.15) is 12.5 Å². The van der Waals surface area contributed by atoms with Crippen molar-refractivity contribution in [3.05, 3.63) is 41.7 Å². The summed E-state index contributed by atoms with van der Waals surface area (Å²) in [6.07, 6.45) is -13.4. The number of carbonyl (C=O) groups is 1. The minimum Gasteiger partial charge on any atom is -0.497 e. The van der Waals surface area contributed by atoms with Crippen molar-refractivity contribution in [1.29, 1.82) is 0 Å². The Morgan fingerprint density at radius 1 is 1.14 bits per heavy atom. The maximum Gasteiger partial charge on any atom is 0.442 e. The van der Waals surface area contributed by atoms with Crippen LogP contribution in [0.4, 0.5) is 35.1 Å². The average Bonchev–Trinajstić information content (AvgIpc) is 2.99. The van der Waals surface area contributed by atoms with Gasteiger partial charge in [-0.15, -0.1) is 0 Å². The number of allylic oxidation sites excluding steroid dienone is 2. The first-order valence-electron chi connectivity index (χ1n) is 7.66. The number of hydrogen-bond donors (Lipinski definition) is 1. The Bertz CT molecular complexity index is 798. The van der Waals surface area contributed by atoms with E-state index in [1.54, 1.807) is 0 Å². The molecule has 1 saturated carbocycles. The largest absolute Gasteiger partial charge is 0.497 e. The first-order chi connectivity index (χ1) is 12.6. The van der Waals surface area contributed by atoms with Gasteiger partial charge in [0.25, 0.3) is 0 Å². The molecule has 0 spiro atoms. The lowest BCUT2D eigenvalue weighted by Crippen LogP contribution is -2.34. The van der Waals surface area contributed by atoms with E-state index in [2.05, 4.69) is 0 Å². The molecule has 28 heavy (non-hydrogen) atoms. The van der Waals surface area contributed by atoms with E-state index in [1.807, 2.05) is 0 Å². The predicted octanol–water partition coefficient (Wildman–Crippen LogP) is 5.01. The van der Waals surface area contributed by atoms with Crippen molar-refractivity contribution >= 4 is 5.97 Å². The number of alkyl halides is 7. The van der Waals surface area contributed by atoms with Crippen molar-refractivity contribution in [2.75, 3.05) is 7.11 Å². The maximum atomic E-state index is 15.3. The summed E-state index contributed by atoms with van der Waals surface area (Å²) in [5.41, 5.74) is -11.5. The third-order valence-electron chi connectivity index (χ3n) is 5.30. The number of benzene rings is 1. The first kappa shape index (κ1) is 22.0. The van der Waals surface area contributed by atoms with E-state index in [0.29, 0.717) is 0 Å². The highest BCUT2D eigenvalue weighted by Gasteiger charge is 2.97. The number of carboxylic acid groups (broad SMARTS) is 1. The van der Waals surface area contributed by atoms with Crippen molar-refractivity contribution in [2.45, 2.75) is 31.4 Å². The molecule has 3 nitrogen and oxygen atoms in total. The summed E-state index contributed by atoms with van der Waals surface area (Å²) in [5, 5.41) is 9.42. The molecule has 0 amide bonds. The molecule has 1 aliphatic rings. The summed E-state index contributed by atoms with van der Waals surface area (Å²) in [4.78, 5) is 11.7. The second kappa shape index (κ2) is 6.35. The first-order valence-corrected chi connectivity index (χ1v) is 7.66. The van der Waals surface area contributed by atoms with Crippen LogP contribution in [0, 0.1) is 10.8 Å². The van der Waals surface area contributed by atoms with Crippen LogP contribution in [0.15, 0.2) is 36.2 Å². The molecule has 3 atom stereocenters. The molecule has 1 fully saturated rings. The molecule has 0 aliphatic heterocycles. The smallest absolute Gasteiger partial charge is 0.442 e. The number of carboxylic acids is 1. The third-order valence-corrected chi connectivity index (χ3v) is 5.30. The second-order valence-corrected chi connectivity index (χ2v) is 6.56. The minimum absolute atomic E-state index is 0.112. The predicted molar refractivity (Wildman–Crippen MR) is 80.0 cm³/mol. The molecular weight excluding hydrogens is 404 g/mol. The Morgan fingerprint density at radius 2 is 1.64 bits per heavy atom. The Balaban J connectivity index is 2.66. The van der Waals surface area contributed by atoms with E-state index in [-0.39, 0.29) is 18.2 Å². The van der Waals surface area contributed by atoms with Crippen LogP contribution in [-0.2, 0) is 11.2 Å². The van der Waals surface area contributed by atoms with Gasteiger partial charge in [0.1, 0.15) is 16.6 Å². The molecule has 0 radical (unpaired) electrons. The fourth-order valence-electron chi connectivity index (χ4n) is 3.55. The molecule has 1 aromatic rings. The van der Waals surface area contributed by atoms with Crippen LogP contribution in [0.5, 0.6) is 5.75 Å². The van der Waals surface area contributed by atoms with Gasteiger partial charge in [-0.2, -0.15) is 26.3 Å². The highest BCUT2D eigenvalue weighted by atomic mass is 19.4. The molecular formula is C17H14F8O3. The van der Waals surface area contributed by atoms with Crippen LogP contribution < -0.4 is 4.74 Å². The molecule has 0 saturated heterocycles. The van der Waals surface area contributed by atoms with Crippen molar-refractivity contribution < 1.29 is 49.8 Å². The lowest BCUT2D eigenvalue weighted by atomic mass is 9.87. The van der Waals surface area contributed by atoms with Crippen LogP contribution in [0.2, 0.25) is 0 Å².